The van der Waals surface area contributed by atoms with Gasteiger partial charge in [0.15, 0.2) is 11.5 Å². The molecule has 2 atom stereocenters. The number of ether oxygens (including phenoxy) is 2. The molecule has 4 rings (SSSR count). The number of benzene rings is 1. The van der Waals surface area contributed by atoms with Crippen LogP contribution in [0.1, 0.15) is 26.2 Å². The van der Waals surface area contributed by atoms with Gasteiger partial charge in [-0.3, -0.25) is 14.5 Å². The molecule has 0 saturated carbocycles. The Bertz CT molecular complexity index is 711. The van der Waals surface area contributed by atoms with Gasteiger partial charge < -0.3 is 19.3 Å². The third-order valence-electron chi connectivity index (χ3n) is 5.84. The Morgan fingerprint density at radius 2 is 1.54 bits per heavy atom. The van der Waals surface area contributed by atoms with E-state index in [1.54, 1.807) is 0 Å². The molecule has 2 amide bonds. The van der Waals surface area contributed by atoms with Gasteiger partial charge in [0.2, 0.25) is 12.0 Å². The lowest BCUT2D eigenvalue weighted by Gasteiger charge is -2.39. The summed E-state index contributed by atoms with van der Waals surface area (Å²) in [6, 6.07) is 7.44. The van der Waals surface area contributed by atoms with Crippen LogP contribution in [0.15, 0.2) is 24.3 Å². The molecule has 0 N–H and O–H groups in total. The first-order valence-corrected chi connectivity index (χ1v) is 10.3. The van der Waals surface area contributed by atoms with E-state index in [0.717, 1.165) is 25.9 Å². The molecule has 3 aliphatic heterocycles. The van der Waals surface area contributed by atoms with Crippen molar-refractivity contribution in [2.24, 2.45) is 0 Å². The number of para-hydroxylation sites is 2. The summed E-state index contributed by atoms with van der Waals surface area (Å²) in [5, 5.41) is 0. The minimum absolute atomic E-state index is 0.0380. The molecule has 2 saturated heterocycles. The topological polar surface area (TPSA) is 62.3 Å². The van der Waals surface area contributed by atoms with Crippen LogP contribution in [0.4, 0.5) is 0 Å². The number of rotatable bonds is 3. The van der Waals surface area contributed by atoms with Crippen LogP contribution in [-0.4, -0.2) is 84.5 Å². The van der Waals surface area contributed by atoms with E-state index in [4.69, 9.17) is 9.47 Å². The number of carbonyl (C=O) groups is 2. The van der Waals surface area contributed by atoms with Gasteiger partial charge in [0, 0.05) is 39.3 Å². The summed E-state index contributed by atoms with van der Waals surface area (Å²) in [4.78, 5) is 31.4. The van der Waals surface area contributed by atoms with Crippen LogP contribution in [0.3, 0.4) is 0 Å². The molecule has 28 heavy (non-hydrogen) atoms. The SMILES string of the molecule is CC1Oc2ccccc2OC1C(=O)N1CCN(CC(=O)N2CCCCC2)CC1. The number of carbonyl (C=O) groups excluding carboxylic acids is 2. The highest BCUT2D eigenvalue weighted by molar-refractivity contribution is 5.82. The monoisotopic (exact) mass is 387 g/mol. The molecular weight excluding hydrogens is 358 g/mol. The average molecular weight is 387 g/mol. The number of amides is 2. The zero-order valence-corrected chi connectivity index (χ0v) is 16.5. The van der Waals surface area contributed by atoms with Crippen molar-refractivity contribution in [3.63, 3.8) is 0 Å². The third-order valence-corrected chi connectivity index (χ3v) is 5.84. The Hall–Kier alpha value is -2.28. The van der Waals surface area contributed by atoms with Gasteiger partial charge in [0.05, 0.1) is 6.54 Å². The van der Waals surface area contributed by atoms with Gasteiger partial charge in [-0.15, -0.1) is 0 Å². The Labute approximate surface area is 166 Å². The maximum Gasteiger partial charge on any atom is 0.267 e. The van der Waals surface area contributed by atoms with E-state index in [-0.39, 0.29) is 17.9 Å². The number of hydrogen-bond acceptors (Lipinski definition) is 5. The van der Waals surface area contributed by atoms with E-state index < -0.39 is 6.10 Å². The minimum atomic E-state index is -0.628. The van der Waals surface area contributed by atoms with E-state index in [2.05, 4.69) is 4.90 Å². The molecule has 1 aromatic carbocycles. The highest BCUT2D eigenvalue weighted by Crippen LogP contribution is 2.34. The Morgan fingerprint density at radius 1 is 0.893 bits per heavy atom. The van der Waals surface area contributed by atoms with Gasteiger partial charge in [0.1, 0.15) is 6.10 Å². The predicted octanol–water partition coefficient (Wildman–Crippen LogP) is 1.37. The molecule has 152 valence electrons. The highest BCUT2D eigenvalue weighted by Gasteiger charge is 2.37. The molecule has 0 aliphatic carbocycles. The Balaban J connectivity index is 1.29. The standard InChI is InChI=1S/C21H29N3O4/c1-16-20(28-18-8-4-3-7-17(18)27-16)21(26)24-13-11-22(12-14-24)15-19(25)23-9-5-2-6-10-23/h3-4,7-8,16,20H,2,5-6,9-15H2,1H3. The molecule has 0 bridgehead atoms. The number of hydrogen-bond donors (Lipinski definition) is 0. The summed E-state index contributed by atoms with van der Waals surface area (Å²) < 4.78 is 11.8. The van der Waals surface area contributed by atoms with E-state index in [1.165, 1.54) is 6.42 Å². The quantitative estimate of drug-likeness (QED) is 0.784. The number of nitrogens with zero attached hydrogens (tertiary/aromatic N) is 3. The van der Waals surface area contributed by atoms with Gasteiger partial charge in [-0.2, -0.15) is 0 Å². The summed E-state index contributed by atoms with van der Waals surface area (Å²) in [5.41, 5.74) is 0. The Kier molecular flexibility index (Phi) is 5.71. The van der Waals surface area contributed by atoms with Crippen molar-refractivity contribution in [3.05, 3.63) is 24.3 Å². The summed E-state index contributed by atoms with van der Waals surface area (Å²) in [6.07, 6.45) is 2.48. The largest absolute Gasteiger partial charge is 0.482 e. The maximum atomic E-state index is 13.0. The molecule has 2 fully saturated rings. The van der Waals surface area contributed by atoms with Crippen molar-refractivity contribution in [2.75, 3.05) is 45.8 Å². The predicted molar refractivity (Wildman–Crippen MR) is 104 cm³/mol. The van der Waals surface area contributed by atoms with E-state index in [1.807, 2.05) is 41.0 Å². The van der Waals surface area contributed by atoms with Crippen LogP contribution < -0.4 is 9.47 Å². The minimum Gasteiger partial charge on any atom is -0.482 e. The second-order valence-electron chi connectivity index (χ2n) is 7.85. The second kappa shape index (κ2) is 8.39. The first-order chi connectivity index (χ1) is 13.6. The van der Waals surface area contributed by atoms with E-state index in [9.17, 15) is 9.59 Å². The van der Waals surface area contributed by atoms with Crippen LogP contribution in [0.25, 0.3) is 0 Å². The molecule has 7 nitrogen and oxygen atoms in total. The van der Waals surface area contributed by atoms with Crippen LogP contribution in [0, 0.1) is 0 Å². The average Bonchev–Trinajstić information content (AvgIpc) is 2.74. The fourth-order valence-corrected chi connectivity index (χ4v) is 4.13. The second-order valence-corrected chi connectivity index (χ2v) is 7.85. The van der Waals surface area contributed by atoms with Crippen LogP contribution in [-0.2, 0) is 9.59 Å². The molecule has 2 unspecified atom stereocenters. The van der Waals surface area contributed by atoms with Gasteiger partial charge in [-0.25, -0.2) is 0 Å². The number of piperidine rings is 1. The summed E-state index contributed by atoms with van der Waals surface area (Å²) >= 11 is 0. The molecule has 0 aromatic heterocycles. The van der Waals surface area contributed by atoms with Crippen molar-refractivity contribution in [1.29, 1.82) is 0 Å². The molecule has 3 heterocycles. The van der Waals surface area contributed by atoms with Crippen molar-refractivity contribution in [2.45, 2.75) is 38.4 Å². The van der Waals surface area contributed by atoms with Crippen molar-refractivity contribution >= 4 is 11.8 Å². The lowest BCUT2D eigenvalue weighted by Crippen LogP contribution is -2.57. The van der Waals surface area contributed by atoms with Gasteiger partial charge in [-0.1, -0.05) is 12.1 Å². The number of fused-ring (bicyclic) bond motifs is 1. The van der Waals surface area contributed by atoms with E-state index in [0.29, 0.717) is 44.2 Å². The number of likely N-dealkylation sites (tertiary alicyclic amines) is 1. The fourth-order valence-electron chi connectivity index (χ4n) is 4.13. The zero-order valence-electron chi connectivity index (χ0n) is 16.5. The van der Waals surface area contributed by atoms with Gasteiger partial charge in [-0.05, 0) is 38.3 Å². The van der Waals surface area contributed by atoms with Crippen molar-refractivity contribution in [3.8, 4) is 11.5 Å². The zero-order chi connectivity index (χ0) is 19.5. The van der Waals surface area contributed by atoms with Crippen molar-refractivity contribution in [1.82, 2.24) is 14.7 Å². The first kappa shape index (κ1) is 19.1. The number of piperazine rings is 1. The molecule has 0 spiro atoms. The highest BCUT2D eigenvalue weighted by atomic mass is 16.6. The molecular formula is C21H29N3O4. The molecule has 1 aromatic rings. The van der Waals surface area contributed by atoms with Crippen LogP contribution in [0.2, 0.25) is 0 Å². The third kappa shape index (κ3) is 4.09. The molecule has 7 heteroatoms. The first-order valence-electron chi connectivity index (χ1n) is 10.3. The lowest BCUT2D eigenvalue weighted by molar-refractivity contribution is -0.146. The van der Waals surface area contributed by atoms with Crippen LogP contribution in [0.5, 0.6) is 11.5 Å². The van der Waals surface area contributed by atoms with Crippen molar-refractivity contribution < 1.29 is 19.1 Å². The maximum absolute atomic E-state index is 13.0. The Morgan fingerprint density at radius 3 is 2.21 bits per heavy atom. The summed E-state index contributed by atoms with van der Waals surface area (Å²) in [5.74, 6) is 1.47. The fraction of sp³-hybridized carbons (Fsp3) is 0.619. The molecule has 3 aliphatic rings. The smallest absolute Gasteiger partial charge is 0.267 e. The van der Waals surface area contributed by atoms with E-state index >= 15 is 0 Å². The molecule has 0 radical (unpaired) electrons. The summed E-state index contributed by atoms with van der Waals surface area (Å²) in [7, 11) is 0. The lowest BCUT2D eigenvalue weighted by atomic mass is 10.1. The normalized spacial score (nSPS) is 25.5. The summed E-state index contributed by atoms with van der Waals surface area (Å²) in [6.45, 7) is 6.74. The van der Waals surface area contributed by atoms with Crippen LogP contribution >= 0.6 is 0 Å². The van der Waals surface area contributed by atoms with Gasteiger partial charge in [0.25, 0.3) is 5.91 Å². The van der Waals surface area contributed by atoms with Gasteiger partial charge >= 0.3 is 0 Å².